The second-order valence-corrected chi connectivity index (χ2v) is 4.65. The van der Waals surface area contributed by atoms with E-state index in [0.717, 1.165) is 15.9 Å². The van der Waals surface area contributed by atoms with Gasteiger partial charge in [-0.1, -0.05) is 6.07 Å². The molecule has 1 aromatic rings. The summed E-state index contributed by atoms with van der Waals surface area (Å²) >= 11 is 3.54. The summed E-state index contributed by atoms with van der Waals surface area (Å²) in [7, 11) is 4.06. The third kappa shape index (κ3) is 2.03. The summed E-state index contributed by atoms with van der Waals surface area (Å²) in [5.41, 5.74) is 1.12. The number of nitrogens with zero attached hydrogens (tertiary/aromatic N) is 1. The first-order valence-electron chi connectivity index (χ1n) is 4.81. The first-order valence-corrected chi connectivity index (χ1v) is 5.60. The van der Waals surface area contributed by atoms with Gasteiger partial charge in [-0.15, -0.1) is 0 Å². The highest BCUT2D eigenvalue weighted by Gasteiger charge is 2.25. The van der Waals surface area contributed by atoms with E-state index in [9.17, 15) is 0 Å². The highest BCUT2D eigenvalue weighted by atomic mass is 79.9. The van der Waals surface area contributed by atoms with E-state index in [1.54, 1.807) is 0 Å². The van der Waals surface area contributed by atoms with Gasteiger partial charge in [0.1, 0.15) is 5.75 Å². The number of benzene rings is 1. The van der Waals surface area contributed by atoms with Crippen molar-refractivity contribution in [2.24, 2.45) is 0 Å². The molecule has 1 saturated carbocycles. The molecule has 0 spiro atoms. The summed E-state index contributed by atoms with van der Waals surface area (Å²) < 4.78 is 6.91. The van der Waals surface area contributed by atoms with Gasteiger partial charge in [-0.2, -0.15) is 0 Å². The molecule has 0 amide bonds. The Hall–Kier alpha value is -0.700. The quantitative estimate of drug-likeness (QED) is 0.824. The average Bonchev–Trinajstić information content (AvgIpc) is 2.87. The number of ether oxygens (including phenoxy) is 1. The van der Waals surface area contributed by atoms with E-state index < -0.39 is 0 Å². The van der Waals surface area contributed by atoms with Gasteiger partial charge in [0.25, 0.3) is 0 Å². The molecule has 1 aliphatic carbocycles. The van der Waals surface area contributed by atoms with Crippen LogP contribution < -0.4 is 9.64 Å². The standard InChI is InChI=1S/C11H14BrNO/c1-13(2)11-9(12)4-3-5-10(11)14-8-6-7-8/h3-5,8H,6-7H2,1-2H3. The second-order valence-electron chi connectivity index (χ2n) is 3.80. The summed E-state index contributed by atoms with van der Waals surface area (Å²) in [4.78, 5) is 2.07. The number of anilines is 1. The fraction of sp³-hybridized carbons (Fsp3) is 0.455. The Balaban J connectivity index is 2.30. The maximum absolute atomic E-state index is 5.83. The molecule has 1 aromatic carbocycles. The van der Waals surface area contributed by atoms with Crippen molar-refractivity contribution in [1.29, 1.82) is 0 Å². The van der Waals surface area contributed by atoms with Crippen molar-refractivity contribution in [1.82, 2.24) is 0 Å². The molecule has 0 aliphatic heterocycles. The average molecular weight is 256 g/mol. The number of rotatable bonds is 3. The Labute approximate surface area is 93.0 Å². The van der Waals surface area contributed by atoms with Crippen LogP contribution in [0.2, 0.25) is 0 Å². The molecule has 2 rings (SSSR count). The van der Waals surface area contributed by atoms with E-state index >= 15 is 0 Å². The van der Waals surface area contributed by atoms with Crippen LogP contribution in [-0.4, -0.2) is 20.2 Å². The van der Waals surface area contributed by atoms with Crippen LogP contribution in [0.4, 0.5) is 5.69 Å². The lowest BCUT2D eigenvalue weighted by molar-refractivity contribution is 0.304. The van der Waals surface area contributed by atoms with Crippen LogP contribution in [0, 0.1) is 0 Å². The van der Waals surface area contributed by atoms with Gasteiger partial charge in [0.2, 0.25) is 0 Å². The van der Waals surface area contributed by atoms with E-state index in [0.29, 0.717) is 6.10 Å². The van der Waals surface area contributed by atoms with Crippen LogP contribution in [0.1, 0.15) is 12.8 Å². The molecule has 14 heavy (non-hydrogen) atoms. The van der Waals surface area contributed by atoms with Gasteiger partial charge in [-0.25, -0.2) is 0 Å². The molecule has 76 valence electrons. The molecule has 0 bridgehead atoms. The molecule has 0 saturated heterocycles. The number of halogens is 1. The van der Waals surface area contributed by atoms with Crippen LogP contribution in [-0.2, 0) is 0 Å². The van der Waals surface area contributed by atoms with Gasteiger partial charge in [0.05, 0.1) is 11.8 Å². The molecule has 0 heterocycles. The predicted octanol–water partition coefficient (Wildman–Crippen LogP) is 3.06. The van der Waals surface area contributed by atoms with E-state index in [4.69, 9.17) is 4.74 Å². The normalized spacial score (nSPS) is 15.4. The zero-order chi connectivity index (χ0) is 10.1. The molecule has 0 atom stereocenters. The second kappa shape index (κ2) is 3.81. The molecule has 1 fully saturated rings. The van der Waals surface area contributed by atoms with Crippen molar-refractivity contribution in [2.45, 2.75) is 18.9 Å². The maximum atomic E-state index is 5.83. The fourth-order valence-electron chi connectivity index (χ4n) is 1.39. The summed E-state index contributed by atoms with van der Waals surface area (Å²) in [5.74, 6) is 0.979. The van der Waals surface area contributed by atoms with Gasteiger partial charge in [0, 0.05) is 18.6 Å². The molecular weight excluding hydrogens is 242 g/mol. The number of hydrogen-bond donors (Lipinski definition) is 0. The minimum atomic E-state index is 0.447. The molecule has 3 heteroatoms. The van der Waals surface area contributed by atoms with Crippen molar-refractivity contribution >= 4 is 21.6 Å². The molecule has 0 N–H and O–H groups in total. The maximum Gasteiger partial charge on any atom is 0.144 e. The fourth-order valence-corrected chi connectivity index (χ4v) is 2.09. The Morgan fingerprint density at radius 2 is 2.07 bits per heavy atom. The summed E-state index contributed by atoms with van der Waals surface area (Å²) in [5, 5.41) is 0. The van der Waals surface area contributed by atoms with E-state index in [-0.39, 0.29) is 0 Å². The first-order chi connectivity index (χ1) is 6.68. The Bertz CT molecular complexity index is 334. The van der Waals surface area contributed by atoms with Gasteiger partial charge in [-0.3, -0.25) is 0 Å². The van der Waals surface area contributed by atoms with E-state index in [1.165, 1.54) is 12.8 Å². The Kier molecular flexibility index (Phi) is 2.68. The van der Waals surface area contributed by atoms with Crippen LogP contribution in [0.5, 0.6) is 5.75 Å². The Morgan fingerprint density at radius 3 is 2.64 bits per heavy atom. The minimum Gasteiger partial charge on any atom is -0.488 e. The van der Waals surface area contributed by atoms with Crippen molar-refractivity contribution in [3.63, 3.8) is 0 Å². The largest absolute Gasteiger partial charge is 0.488 e. The van der Waals surface area contributed by atoms with Crippen molar-refractivity contribution in [3.05, 3.63) is 22.7 Å². The van der Waals surface area contributed by atoms with Crippen molar-refractivity contribution in [2.75, 3.05) is 19.0 Å². The SMILES string of the molecule is CN(C)c1c(Br)cccc1OC1CC1. The lowest BCUT2D eigenvalue weighted by atomic mass is 10.3. The molecule has 0 radical (unpaired) electrons. The summed E-state index contributed by atoms with van der Waals surface area (Å²) in [6.45, 7) is 0. The van der Waals surface area contributed by atoms with Gasteiger partial charge in [-0.05, 0) is 40.9 Å². The van der Waals surface area contributed by atoms with Gasteiger partial charge < -0.3 is 9.64 Å². The lowest BCUT2D eigenvalue weighted by Gasteiger charge is -2.19. The monoisotopic (exact) mass is 255 g/mol. The molecule has 2 nitrogen and oxygen atoms in total. The van der Waals surface area contributed by atoms with Crippen LogP contribution >= 0.6 is 15.9 Å². The Morgan fingerprint density at radius 1 is 1.36 bits per heavy atom. The van der Waals surface area contributed by atoms with Crippen LogP contribution in [0.3, 0.4) is 0 Å². The molecule has 1 aliphatic rings. The van der Waals surface area contributed by atoms with Gasteiger partial charge >= 0.3 is 0 Å². The smallest absolute Gasteiger partial charge is 0.144 e. The number of hydrogen-bond acceptors (Lipinski definition) is 2. The highest BCUT2D eigenvalue weighted by molar-refractivity contribution is 9.10. The predicted molar refractivity (Wildman–Crippen MR) is 62.1 cm³/mol. The molecule has 0 unspecified atom stereocenters. The van der Waals surface area contributed by atoms with Crippen LogP contribution in [0.25, 0.3) is 0 Å². The zero-order valence-electron chi connectivity index (χ0n) is 8.46. The number of para-hydroxylation sites is 1. The topological polar surface area (TPSA) is 12.5 Å². The molecule has 0 aromatic heterocycles. The first kappa shape index (κ1) is 9.84. The third-order valence-corrected chi connectivity index (χ3v) is 2.85. The highest BCUT2D eigenvalue weighted by Crippen LogP contribution is 2.38. The van der Waals surface area contributed by atoms with Crippen molar-refractivity contribution < 1.29 is 4.74 Å². The zero-order valence-corrected chi connectivity index (χ0v) is 10.0. The third-order valence-electron chi connectivity index (χ3n) is 2.21. The summed E-state index contributed by atoms with van der Waals surface area (Å²) in [6, 6.07) is 6.07. The van der Waals surface area contributed by atoms with Crippen LogP contribution in [0.15, 0.2) is 22.7 Å². The summed E-state index contributed by atoms with van der Waals surface area (Å²) in [6.07, 6.45) is 2.83. The van der Waals surface area contributed by atoms with Gasteiger partial charge in [0.15, 0.2) is 0 Å². The lowest BCUT2D eigenvalue weighted by Crippen LogP contribution is -2.12. The van der Waals surface area contributed by atoms with E-state index in [2.05, 4.69) is 20.8 Å². The van der Waals surface area contributed by atoms with E-state index in [1.807, 2.05) is 32.3 Å². The van der Waals surface area contributed by atoms with Crippen molar-refractivity contribution in [3.8, 4) is 5.75 Å². The molecular formula is C11H14BrNO. The minimum absolute atomic E-state index is 0.447.